The average molecular weight is 520 g/mol. The van der Waals surface area contributed by atoms with Crippen LogP contribution in [0.25, 0.3) is 17.2 Å². The van der Waals surface area contributed by atoms with Crippen LogP contribution in [0.3, 0.4) is 0 Å². The fourth-order valence-corrected chi connectivity index (χ4v) is 3.76. The molecule has 1 amide bonds. The molecule has 1 aliphatic heterocycles. The lowest BCUT2D eigenvalue weighted by Crippen LogP contribution is -2.36. The highest BCUT2D eigenvalue weighted by Gasteiger charge is 2.56. The van der Waals surface area contributed by atoms with E-state index in [0.717, 1.165) is 0 Å². The first-order valence-electron chi connectivity index (χ1n) is 9.19. The fourth-order valence-electron chi connectivity index (χ4n) is 3.39. The second-order valence-electron chi connectivity index (χ2n) is 7.78. The van der Waals surface area contributed by atoms with Gasteiger partial charge in [0.05, 0.1) is 22.9 Å². The van der Waals surface area contributed by atoms with Crippen molar-refractivity contribution >= 4 is 39.1 Å². The quantitative estimate of drug-likeness (QED) is 0.506. The number of nitrogens with two attached hydrogens (primary N) is 1. The molecular weight excluding hydrogens is 505 g/mol. The van der Waals surface area contributed by atoms with E-state index in [0.29, 0.717) is 10.2 Å². The molecule has 0 unspecified atom stereocenters. The standard InChI is InChI=1S/C18H15BrF5N7O/c1-16(2)10-11(25)28-12(29-13(10)30-15(16)32)8-6-31-9(19)5-26-14(31)7(27-8)3-4-17(20,21)18(22,23)24/h5-6H,3-4H2,1-2H3,(H3,25,28,29,30,32). The Labute approximate surface area is 185 Å². The van der Waals surface area contributed by atoms with Crippen LogP contribution in [0.15, 0.2) is 17.0 Å². The number of aryl methyl sites for hydroxylation is 1. The van der Waals surface area contributed by atoms with Crippen LogP contribution in [-0.4, -0.2) is 42.3 Å². The van der Waals surface area contributed by atoms with E-state index in [9.17, 15) is 26.7 Å². The van der Waals surface area contributed by atoms with E-state index in [-0.39, 0.29) is 40.4 Å². The summed E-state index contributed by atoms with van der Waals surface area (Å²) >= 11 is 3.24. The predicted molar refractivity (Wildman–Crippen MR) is 107 cm³/mol. The van der Waals surface area contributed by atoms with Crippen molar-refractivity contribution in [3.05, 3.63) is 28.3 Å². The molecule has 8 nitrogen and oxygen atoms in total. The minimum absolute atomic E-state index is 0.0186. The van der Waals surface area contributed by atoms with Crippen LogP contribution in [0.2, 0.25) is 0 Å². The van der Waals surface area contributed by atoms with Gasteiger partial charge in [-0.15, -0.1) is 0 Å². The molecule has 0 spiro atoms. The molecule has 0 fully saturated rings. The number of imidazole rings is 1. The SMILES string of the molecule is CC1(C)C(=O)Nc2nc(-c3cn4c(Br)cnc4c(CCC(F)(F)C(F)(F)F)n3)nc(N)c21. The van der Waals surface area contributed by atoms with Crippen molar-refractivity contribution in [1.82, 2.24) is 24.3 Å². The maximum atomic E-state index is 13.5. The summed E-state index contributed by atoms with van der Waals surface area (Å²) in [5, 5.41) is 2.61. The Morgan fingerprint density at radius 1 is 1.19 bits per heavy atom. The topological polar surface area (TPSA) is 111 Å². The smallest absolute Gasteiger partial charge is 0.383 e. The predicted octanol–water partition coefficient (Wildman–Crippen LogP) is 3.89. The Hall–Kier alpha value is -2.90. The number of fused-ring (bicyclic) bond motifs is 2. The van der Waals surface area contributed by atoms with Gasteiger partial charge in [0.1, 0.15) is 21.9 Å². The number of nitrogens with one attached hydrogen (secondary N) is 1. The van der Waals surface area contributed by atoms with Gasteiger partial charge in [0.25, 0.3) is 0 Å². The third-order valence-corrected chi connectivity index (χ3v) is 5.78. The van der Waals surface area contributed by atoms with Gasteiger partial charge in [0.15, 0.2) is 11.5 Å². The number of nitrogen functional groups attached to an aromatic ring is 1. The molecule has 0 radical (unpaired) electrons. The summed E-state index contributed by atoms with van der Waals surface area (Å²) in [6.45, 7) is 3.30. The van der Waals surface area contributed by atoms with Crippen molar-refractivity contribution in [2.24, 2.45) is 0 Å². The molecule has 4 rings (SSSR count). The maximum Gasteiger partial charge on any atom is 0.453 e. The molecule has 3 N–H and O–H groups in total. The number of rotatable bonds is 4. The van der Waals surface area contributed by atoms with Crippen molar-refractivity contribution < 1.29 is 26.7 Å². The van der Waals surface area contributed by atoms with Gasteiger partial charge in [-0.1, -0.05) is 0 Å². The van der Waals surface area contributed by atoms with Gasteiger partial charge < -0.3 is 11.1 Å². The highest BCUT2D eigenvalue weighted by molar-refractivity contribution is 9.10. The molecule has 3 aromatic heterocycles. The molecule has 0 bridgehead atoms. The summed E-state index contributed by atoms with van der Waals surface area (Å²) in [6, 6.07) is 0. The van der Waals surface area contributed by atoms with E-state index >= 15 is 0 Å². The van der Waals surface area contributed by atoms with Gasteiger partial charge >= 0.3 is 12.1 Å². The second kappa shape index (κ2) is 7.05. The van der Waals surface area contributed by atoms with Gasteiger partial charge in [-0.05, 0) is 36.2 Å². The highest BCUT2D eigenvalue weighted by Crippen LogP contribution is 2.41. The normalized spacial score (nSPS) is 15.8. The first kappa shape index (κ1) is 22.3. The van der Waals surface area contributed by atoms with Crippen LogP contribution in [0, 0.1) is 0 Å². The third-order valence-electron chi connectivity index (χ3n) is 5.20. The molecule has 0 saturated carbocycles. The van der Waals surface area contributed by atoms with E-state index in [1.54, 1.807) is 13.8 Å². The van der Waals surface area contributed by atoms with E-state index in [1.165, 1.54) is 16.8 Å². The molecule has 4 heterocycles. The number of nitrogens with zero attached hydrogens (tertiary/aromatic N) is 5. The molecule has 14 heteroatoms. The molecule has 0 aliphatic carbocycles. The minimum Gasteiger partial charge on any atom is -0.383 e. The molecule has 0 atom stereocenters. The summed E-state index contributed by atoms with van der Waals surface area (Å²) in [4.78, 5) is 28.9. The summed E-state index contributed by atoms with van der Waals surface area (Å²) in [7, 11) is 0. The molecular formula is C18H15BrF5N7O. The molecule has 3 aromatic rings. The van der Waals surface area contributed by atoms with Crippen LogP contribution < -0.4 is 11.1 Å². The van der Waals surface area contributed by atoms with Crippen molar-refractivity contribution in [2.45, 2.75) is 44.2 Å². The Morgan fingerprint density at radius 3 is 2.53 bits per heavy atom. The number of halogens is 6. The maximum absolute atomic E-state index is 13.5. The van der Waals surface area contributed by atoms with Gasteiger partial charge in [-0.25, -0.2) is 19.9 Å². The molecule has 0 aromatic carbocycles. The summed E-state index contributed by atoms with van der Waals surface area (Å²) in [5.41, 5.74) is 5.53. The summed E-state index contributed by atoms with van der Waals surface area (Å²) in [6.07, 6.45) is -5.12. The van der Waals surface area contributed by atoms with Crippen LogP contribution in [0.5, 0.6) is 0 Å². The molecule has 1 aliphatic rings. The Bertz CT molecular complexity index is 1250. The number of hydrogen-bond acceptors (Lipinski definition) is 6. The van der Waals surface area contributed by atoms with Gasteiger partial charge in [-0.3, -0.25) is 9.20 Å². The highest BCUT2D eigenvalue weighted by atomic mass is 79.9. The van der Waals surface area contributed by atoms with Gasteiger partial charge in [0.2, 0.25) is 5.91 Å². The lowest BCUT2D eigenvalue weighted by Gasteiger charge is -2.19. The number of carbonyl (C=O) groups excluding carboxylic acids is 1. The Balaban J connectivity index is 1.80. The number of amides is 1. The summed E-state index contributed by atoms with van der Waals surface area (Å²) < 4.78 is 66.6. The Kier molecular flexibility index (Phi) is 4.91. The van der Waals surface area contributed by atoms with Gasteiger partial charge in [0, 0.05) is 12.6 Å². The zero-order chi connectivity index (χ0) is 23.6. The fraction of sp³-hybridized carbons (Fsp3) is 0.389. The molecule has 32 heavy (non-hydrogen) atoms. The van der Waals surface area contributed by atoms with E-state index in [4.69, 9.17) is 5.73 Å². The minimum atomic E-state index is -5.68. The molecule has 170 valence electrons. The first-order valence-corrected chi connectivity index (χ1v) is 9.98. The lowest BCUT2D eigenvalue weighted by molar-refractivity contribution is -0.284. The van der Waals surface area contributed by atoms with Crippen LogP contribution in [0.4, 0.5) is 33.6 Å². The third kappa shape index (κ3) is 3.45. The van der Waals surface area contributed by atoms with Crippen LogP contribution in [-0.2, 0) is 16.6 Å². The second-order valence-corrected chi connectivity index (χ2v) is 8.60. The van der Waals surface area contributed by atoms with Gasteiger partial charge in [-0.2, -0.15) is 22.0 Å². The van der Waals surface area contributed by atoms with Crippen molar-refractivity contribution in [3.8, 4) is 11.5 Å². The Morgan fingerprint density at radius 2 is 1.88 bits per heavy atom. The zero-order valence-corrected chi connectivity index (χ0v) is 18.1. The molecule has 0 saturated heterocycles. The summed E-state index contributed by atoms with van der Waals surface area (Å²) in [5.74, 6) is -5.06. The average Bonchev–Trinajstić information content (AvgIpc) is 3.16. The number of aromatic nitrogens is 5. The van der Waals surface area contributed by atoms with Crippen molar-refractivity contribution in [2.75, 3.05) is 11.1 Å². The number of hydrogen-bond donors (Lipinski definition) is 2. The van der Waals surface area contributed by atoms with E-state index in [1.807, 2.05) is 0 Å². The van der Waals surface area contributed by atoms with Crippen LogP contribution >= 0.6 is 15.9 Å². The van der Waals surface area contributed by atoms with Crippen molar-refractivity contribution in [1.29, 1.82) is 0 Å². The van der Waals surface area contributed by atoms with E-state index in [2.05, 4.69) is 41.2 Å². The zero-order valence-electron chi connectivity index (χ0n) is 16.6. The number of anilines is 2. The largest absolute Gasteiger partial charge is 0.453 e. The monoisotopic (exact) mass is 519 g/mol. The number of alkyl halides is 5. The number of carbonyl (C=O) groups is 1. The van der Waals surface area contributed by atoms with Crippen molar-refractivity contribution in [3.63, 3.8) is 0 Å². The van der Waals surface area contributed by atoms with E-state index < -0.39 is 30.4 Å². The first-order chi connectivity index (χ1) is 14.7. The lowest BCUT2D eigenvalue weighted by atomic mass is 9.87. The van der Waals surface area contributed by atoms with Crippen LogP contribution in [0.1, 0.15) is 31.5 Å².